The zero-order valence-electron chi connectivity index (χ0n) is 14.2. The molecule has 0 saturated carbocycles. The van der Waals surface area contributed by atoms with Gasteiger partial charge in [0, 0.05) is 42.0 Å². The van der Waals surface area contributed by atoms with E-state index in [1.165, 1.54) is 0 Å². The minimum absolute atomic E-state index is 0.128. The fourth-order valence-corrected chi connectivity index (χ4v) is 2.77. The van der Waals surface area contributed by atoms with Crippen molar-refractivity contribution in [2.75, 3.05) is 6.54 Å². The molecule has 1 N–H and O–H groups in total. The van der Waals surface area contributed by atoms with E-state index in [1.807, 2.05) is 36.4 Å². The molecule has 4 nitrogen and oxygen atoms in total. The molecule has 0 spiro atoms. The van der Waals surface area contributed by atoms with Gasteiger partial charge in [-0.25, -0.2) is 0 Å². The number of amides is 1. The molecule has 5 heteroatoms. The Morgan fingerprint density at radius 3 is 2.92 bits per heavy atom. The van der Waals surface area contributed by atoms with Crippen LogP contribution in [0.5, 0.6) is 0 Å². The third-order valence-corrected chi connectivity index (χ3v) is 4.04. The SMILES string of the molecule is C=C/C=C/CNC(=O)c1ccnc(Cc2ccc3ncc(Cl)cc3c2)c1. The van der Waals surface area contributed by atoms with Crippen molar-refractivity contribution in [3.05, 3.63) is 95.4 Å². The Bertz CT molecular complexity index is 982. The van der Waals surface area contributed by atoms with Crippen molar-refractivity contribution >= 4 is 28.4 Å². The number of fused-ring (bicyclic) bond motifs is 1. The van der Waals surface area contributed by atoms with Gasteiger partial charge in [-0.2, -0.15) is 0 Å². The Morgan fingerprint density at radius 1 is 1.19 bits per heavy atom. The van der Waals surface area contributed by atoms with Crippen molar-refractivity contribution in [1.82, 2.24) is 15.3 Å². The van der Waals surface area contributed by atoms with Gasteiger partial charge < -0.3 is 5.32 Å². The number of nitrogens with zero attached hydrogens (tertiary/aromatic N) is 2. The van der Waals surface area contributed by atoms with E-state index in [0.29, 0.717) is 23.6 Å². The maximum absolute atomic E-state index is 12.2. The van der Waals surface area contributed by atoms with Crippen LogP contribution in [0, 0.1) is 0 Å². The highest BCUT2D eigenvalue weighted by Crippen LogP contribution is 2.19. The van der Waals surface area contributed by atoms with Gasteiger partial charge in [-0.1, -0.05) is 42.5 Å². The zero-order chi connectivity index (χ0) is 18.4. The van der Waals surface area contributed by atoms with Crippen molar-refractivity contribution in [2.24, 2.45) is 0 Å². The standard InChI is InChI=1S/C21H18ClN3O/c1-2-3-4-8-24-21(26)16-7-9-23-19(13-16)11-15-5-6-20-17(10-15)12-18(22)14-25-20/h2-7,9-10,12-14H,1,8,11H2,(H,24,26)/b4-3+. The second-order valence-electron chi connectivity index (χ2n) is 5.77. The Balaban J connectivity index is 1.75. The van der Waals surface area contributed by atoms with E-state index in [-0.39, 0.29) is 5.91 Å². The van der Waals surface area contributed by atoms with Crippen molar-refractivity contribution in [1.29, 1.82) is 0 Å². The summed E-state index contributed by atoms with van der Waals surface area (Å²) in [4.78, 5) is 20.9. The van der Waals surface area contributed by atoms with Crippen LogP contribution in [0.15, 0.2) is 73.6 Å². The lowest BCUT2D eigenvalue weighted by Gasteiger charge is -2.06. The van der Waals surface area contributed by atoms with Crippen LogP contribution in [-0.2, 0) is 6.42 Å². The molecule has 0 aliphatic rings. The molecule has 2 aromatic heterocycles. The summed E-state index contributed by atoms with van der Waals surface area (Å²) in [5.74, 6) is -0.128. The Kier molecular flexibility index (Phi) is 5.77. The van der Waals surface area contributed by atoms with E-state index < -0.39 is 0 Å². The molecule has 3 rings (SSSR count). The minimum atomic E-state index is -0.128. The molecule has 0 radical (unpaired) electrons. The van der Waals surface area contributed by atoms with Crippen LogP contribution in [0.2, 0.25) is 5.02 Å². The molecular weight excluding hydrogens is 346 g/mol. The number of carbonyl (C=O) groups is 1. The Hall–Kier alpha value is -2.98. The van der Waals surface area contributed by atoms with Crippen LogP contribution in [-0.4, -0.2) is 22.4 Å². The van der Waals surface area contributed by atoms with E-state index in [4.69, 9.17) is 11.6 Å². The average Bonchev–Trinajstić information content (AvgIpc) is 2.65. The number of hydrogen-bond acceptors (Lipinski definition) is 3. The van der Waals surface area contributed by atoms with Gasteiger partial charge in [0.2, 0.25) is 0 Å². The van der Waals surface area contributed by atoms with Crippen molar-refractivity contribution in [2.45, 2.75) is 6.42 Å². The number of hydrogen-bond donors (Lipinski definition) is 1. The van der Waals surface area contributed by atoms with Gasteiger partial charge in [0.1, 0.15) is 0 Å². The number of rotatable bonds is 6. The van der Waals surface area contributed by atoms with Crippen LogP contribution >= 0.6 is 11.6 Å². The van der Waals surface area contributed by atoms with Crippen LogP contribution < -0.4 is 5.32 Å². The fourth-order valence-electron chi connectivity index (χ4n) is 2.61. The predicted molar refractivity (Wildman–Crippen MR) is 105 cm³/mol. The number of pyridine rings is 2. The third kappa shape index (κ3) is 4.55. The molecule has 0 bridgehead atoms. The second kappa shape index (κ2) is 8.41. The zero-order valence-corrected chi connectivity index (χ0v) is 14.9. The highest BCUT2D eigenvalue weighted by molar-refractivity contribution is 6.31. The topological polar surface area (TPSA) is 54.9 Å². The monoisotopic (exact) mass is 363 g/mol. The summed E-state index contributed by atoms with van der Waals surface area (Å²) >= 11 is 6.02. The molecular formula is C21H18ClN3O. The molecule has 0 aliphatic carbocycles. The first-order valence-electron chi connectivity index (χ1n) is 8.20. The van der Waals surface area contributed by atoms with Gasteiger partial charge in [0.25, 0.3) is 5.91 Å². The third-order valence-electron chi connectivity index (χ3n) is 3.83. The van der Waals surface area contributed by atoms with E-state index >= 15 is 0 Å². The van der Waals surface area contributed by atoms with Gasteiger partial charge in [0.15, 0.2) is 0 Å². The van der Waals surface area contributed by atoms with Crippen LogP contribution in [0.1, 0.15) is 21.6 Å². The van der Waals surface area contributed by atoms with Crippen LogP contribution in [0.4, 0.5) is 0 Å². The van der Waals surface area contributed by atoms with Crippen molar-refractivity contribution < 1.29 is 4.79 Å². The summed E-state index contributed by atoms with van der Waals surface area (Å²) < 4.78 is 0. The first kappa shape index (κ1) is 17.8. The van der Waals surface area contributed by atoms with Gasteiger partial charge >= 0.3 is 0 Å². The molecule has 130 valence electrons. The molecule has 0 fully saturated rings. The van der Waals surface area contributed by atoms with Crippen molar-refractivity contribution in [3.63, 3.8) is 0 Å². The number of nitrogens with one attached hydrogen (secondary N) is 1. The van der Waals surface area contributed by atoms with Gasteiger partial charge in [-0.3, -0.25) is 14.8 Å². The molecule has 1 amide bonds. The van der Waals surface area contributed by atoms with E-state index in [0.717, 1.165) is 22.2 Å². The summed E-state index contributed by atoms with van der Waals surface area (Å²) in [6.07, 6.45) is 9.21. The highest BCUT2D eigenvalue weighted by atomic mass is 35.5. The smallest absolute Gasteiger partial charge is 0.251 e. The maximum atomic E-state index is 12.2. The lowest BCUT2D eigenvalue weighted by Crippen LogP contribution is -2.23. The van der Waals surface area contributed by atoms with Crippen molar-refractivity contribution in [3.8, 4) is 0 Å². The minimum Gasteiger partial charge on any atom is -0.349 e. The number of aromatic nitrogens is 2. The molecule has 26 heavy (non-hydrogen) atoms. The molecule has 0 aliphatic heterocycles. The summed E-state index contributed by atoms with van der Waals surface area (Å²) in [5, 5.41) is 4.42. The average molecular weight is 364 g/mol. The van der Waals surface area contributed by atoms with E-state index in [9.17, 15) is 4.79 Å². The predicted octanol–water partition coefficient (Wildman–Crippen LogP) is 4.35. The second-order valence-corrected chi connectivity index (χ2v) is 6.20. The number of carbonyl (C=O) groups excluding carboxylic acids is 1. The largest absolute Gasteiger partial charge is 0.349 e. The Morgan fingerprint density at radius 2 is 2.08 bits per heavy atom. The van der Waals surface area contributed by atoms with Gasteiger partial charge in [-0.15, -0.1) is 0 Å². The first-order valence-corrected chi connectivity index (χ1v) is 8.58. The van der Waals surface area contributed by atoms with E-state index in [2.05, 4.69) is 21.9 Å². The molecule has 0 unspecified atom stereocenters. The summed E-state index contributed by atoms with van der Waals surface area (Å²) in [6, 6.07) is 11.4. The quantitative estimate of drug-likeness (QED) is 0.662. The number of allylic oxidation sites excluding steroid dienone is 2. The molecule has 3 aromatic rings. The number of benzene rings is 1. The lowest BCUT2D eigenvalue weighted by atomic mass is 10.0. The normalized spacial score (nSPS) is 11.0. The maximum Gasteiger partial charge on any atom is 0.251 e. The van der Waals surface area contributed by atoms with Gasteiger partial charge in [-0.05, 0) is 35.9 Å². The first-order chi connectivity index (χ1) is 12.7. The molecule has 1 aromatic carbocycles. The highest BCUT2D eigenvalue weighted by Gasteiger charge is 2.07. The lowest BCUT2D eigenvalue weighted by molar-refractivity contribution is 0.0958. The molecule has 0 saturated heterocycles. The molecule has 2 heterocycles. The summed E-state index contributed by atoms with van der Waals surface area (Å²) in [6.45, 7) is 4.05. The van der Waals surface area contributed by atoms with Gasteiger partial charge in [0.05, 0.1) is 10.5 Å². The summed E-state index contributed by atoms with van der Waals surface area (Å²) in [5.41, 5.74) is 3.40. The Labute approximate surface area is 157 Å². The molecule has 0 atom stereocenters. The summed E-state index contributed by atoms with van der Waals surface area (Å²) in [7, 11) is 0. The van der Waals surface area contributed by atoms with E-state index in [1.54, 1.807) is 30.6 Å². The van der Waals surface area contributed by atoms with Crippen LogP contribution in [0.3, 0.4) is 0 Å². The number of halogens is 1. The fraction of sp³-hybridized carbons (Fsp3) is 0.0952. The van der Waals surface area contributed by atoms with Crippen LogP contribution in [0.25, 0.3) is 10.9 Å².